The molecule has 0 aliphatic carbocycles. The minimum absolute atomic E-state index is 0.0453. The molecule has 0 saturated carbocycles. The Labute approximate surface area is 310 Å². The first-order valence-electron chi connectivity index (χ1n) is 18.3. The van der Waals surface area contributed by atoms with Crippen LogP contribution in [0.5, 0.6) is 17.2 Å². The SMILES string of the molecule is Cc1ccc(N(c2ccc(C)cc2)c2cc3c(c4c5ccccc5n(C)c24)Oc2cc(C)cc4c2B3C2Sc3ccc(C(C)(C)C)cc3C2O4)cc1. The highest BCUT2D eigenvalue weighted by Gasteiger charge is 2.52. The van der Waals surface area contributed by atoms with Crippen LogP contribution >= 0.6 is 11.8 Å². The summed E-state index contributed by atoms with van der Waals surface area (Å²) >= 11 is 1.97. The molecule has 2 unspecified atom stereocenters. The van der Waals surface area contributed by atoms with Crippen molar-refractivity contribution in [3.05, 3.63) is 137 Å². The summed E-state index contributed by atoms with van der Waals surface area (Å²) in [5, 5.41) is 2.50. The largest absolute Gasteiger partial charge is 0.486 e. The minimum atomic E-state index is -0.0719. The summed E-state index contributed by atoms with van der Waals surface area (Å²) in [4.78, 5) is 3.75. The molecule has 3 aliphatic rings. The fourth-order valence-electron chi connectivity index (χ4n) is 8.74. The number of anilines is 3. The van der Waals surface area contributed by atoms with Gasteiger partial charge in [0.25, 0.3) is 0 Å². The molecule has 0 bridgehead atoms. The first-order valence-corrected chi connectivity index (χ1v) is 19.2. The lowest BCUT2D eigenvalue weighted by Crippen LogP contribution is -2.58. The first kappa shape index (κ1) is 31.7. The summed E-state index contributed by atoms with van der Waals surface area (Å²) in [6, 6.07) is 40.5. The zero-order valence-corrected chi connectivity index (χ0v) is 31.6. The van der Waals surface area contributed by atoms with E-state index in [1.807, 2.05) is 11.8 Å². The molecule has 6 aromatic carbocycles. The van der Waals surface area contributed by atoms with Crippen LogP contribution in [0.4, 0.5) is 17.1 Å². The molecule has 0 fully saturated rings. The van der Waals surface area contributed by atoms with E-state index in [1.54, 1.807) is 0 Å². The lowest BCUT2D eigenvalue weighted by molar-refractivity contribution is 0.218. The Morgan fingerprint density at radius 1 is 0.750 bits per heavy atom. The van der Waals surface area contributed by atoms with E-state index >= 15 is 0 Å². The quantitative estimate of drug-likeness (QED) is 0.172. The Morgan fingerprint density at radius 2 is 1.42 bits per heavy atom. The number of ether oxygens (including phenoxy) is 2. The third-order valence-electron chi connectivity index (χ3n) is 11.4. The van der Waals surface area contributed by atoms with Gasteiger partial charge in [-0.25, -0.2) is 0 Å². The number of benzene rings is 6. The summed E-state index contributed by atoms with van der Waals surface area (Å²) in [5.41, 5.74) is 14.4. The van der Waals surface area contributed by atoms with E-state index in [1.165, 1.54) is 49.0 Å². The molecule has 0 saturated heterocycles. The van der Waals surface area contributed by atoms with Crippen LogP contribution in [-0.2, 0) is 12.5 Å². The second-order valence-electron chi connectivity index (χ2n) is 16.0. The van der Waals surface area contributed by atoms with E-state index in [-0.39, 0.29) is 23.4 Å². The van der Waals surface area contributed by atoms with Crippen molar-refractivity contribution in [2.45, 2.75) is 63.1 Å². The predicted molar refractivity (Wildman–Crippen MR) is 219 cm³/mol. The molecule has 6 heteroatoms. The monoisotopic (exact) mass is 696 g/mol. The second kappa shape index (κ2) is 11.2. The fourth-order valence-corrected chi connectivity index (χ4v) is 10.2. The van der Waals surface area contributed by atoms with Gasteiger partial charge in [0.15, 0.2) is 0 Å². The highest BCUT2D eigenvalue weighted by molar-refractivity contribution is 8.02. The Hall–Kier alpha value is -5.07. The molecule has 4 nitrogen and oxygen atoms in total. The van der Waals surface area contributed by atoms with E-state index < -0.39 is 0 Å². The molecule has 0 spiro atoms. The van der Waals surface area contributed by atoms with Crippen molar-refractivity contribution < 1.29 is 9.47 Å². The van der Waals surface area contributed by atoms with E-state index in [0.29, 0.717) is 0 Å². The van der Waals surface area contributed by atoms with Gasteiger partial charge in [-0.15, -0.1) is 11.8 Å². The van der Waals surface area contributed by atoms with E-state index in [2.05, 4.69) is 167 Å². The van der Waals surface area contributed by atoms with Crippen molar-refractivity contribution in [1.29, 1.82) is 0 Å². The Kier molecular flexibility index (Phi) is 6.83. The van der Waals surface area contributed by atoms with Crippen LogP contribution in [0.15, 0.2) is 114 Å². The van der Waals surface area contributed by atoms with Crippen LogP contribution in [0.1, 0.15) is 54.7 Å². The number of thioether (sulfide) groups is 1. The zero-order chi connectivity index (χ0) is 35.6. The van der Waals surface area contributed by atoms with Crippen molar-refractivity contribution in [2.75, 3.05) is 4.90 Å². The molecule has 3 aliphatic heterocycles. The van der Waals surface area contributed by atoms with Crippen LogP contribution in [0.25, 0.3) is 21.8 Å². The van der Waals surface area contributed by atoms with Gasteiger partial charge < -0.3 is 18.9 Å². The average molecular weight is 697 g/mol. The van der Waals surface area contributed by atoms with Crippen LogP contribution in [0, 0.1) is 20.8 Å². The maximum absolute atomic E-state index is 7.19. The Bertz CT molecular complexity index is 2560. The van der Waals surface area contributed by atoms with Crippen molar-refractivity contribution in [3.8, 4) is 17.2 Å². The van der Waals surface area contributed by atoms with Crippen LogP contribution < -0.4 is 25.3 Å². The molecule has 10 rings (SSSR count). The maximum atomic E-state index is 7.19. The molecule has 2 atom stereocenters. The normalized spacial score (nSPS) is 16.9. The van der Waals surface area contributed by atoms with Gasteiger partial charge in [0, 0.05) is 50.4 Å². The fraction of sp³-hybridized carbons (Fsp3) is 0.217. The summed E-state index contributed by atoms with van der Waals surface area (Å²) in [5.74, 6) is 2.81. The predicted octanol–water partition coefficient (Wildman–Crippen LogP) is 10.9. The zero-order valence-electron chi connectivity index (χ0n) is 30.7. The van der Waals surface area contributed by atoms with E-state index in [9.17, 15) is 0 Å². The van der Waals surface area contributed by atoms with Crippen LogP contribution in [-0.4, -0.2) is 16.4 Å². The number of aryl methyl sites for hydroxylation is 4. The van der Waals surface area contributed by atoms with Crippen LogP contribution in [0.2, 0.25) is 0 Å². The molecule has 0 radical (unpaired) electrons. The lowest BCUT2D eigenvalue weighted by atomic mass is 9.35. The van der Waals surface area contributed by atoms with Crippen molar-refractivity contribution in [2.24, 2.45) is 7.05 Å². The van der Waals surface area contributed by atoms with Gasteiger partial charge in [-0.1, -0.05) is 86.5 Å². The molecular formula is C46H41BN2O2S. The Morgan fingerprint density at radius 3 is 2.12 bits per heavy atom. The number of hydrogen-bond acceptors (Lipinski definition) is 4. The van der Waals surface area contributed by atoms with E-state index in [0.717, 1.165) is 50.8 Å². The first-order chi connectivity index (χ1) is 25.0. The van der Waals surface area contributed by atoms with E-state index in [4.69, 9.17) is 9.47 Å². The summed E-state index contributed by atoms with van der Waals surface area (Å²) in [6.07, 6.45) is -0.0719. The number of hydrogen-bond donors (Lipinski definition) is 0. The minimum Gasteiger partial charge on any atom is -0.486 e. The van der Waals surface area contributed by atoms with Gasteiger partial charge in [-0.05, 0) is 97.4 Å². The summed E-state index contributed by atoms with van der Waals surface area (Å²) in [6.45, 7) is 13.4. The molecule has 7 aromatic rings. The van der Waals surface area contributed by atoms with Gasteiger partial charge in [-0.3, -0.25) is 0 Å². The topological polar surface area (TPSA) is 26.6 Å². The highest BCUT2D eigenvalue weighted by Crippen LogP contribution is 2.54. The summed E-state index contributed by atoms with van der Waals surface area (Å²) in [7, 11) is 2.20. The average Bonchev–Trinajstić information content (AvgIpc) is 3.64. The second-order valence-corrected chi connectivity index (χ2v) is 17.2. The maximum Gasteiger partial charge on any atom is 0.242 e. The smallest absolute Gasteiger partial charge is 0.242 e. The third-order valence-corrected chi connectivity index (χ3v) is 12.8. The third kappa shape index (κ3) is 4.63. The highest BCUT2D eigenvalue weighted by atomic mass is 32.2. The molecule has 1 aromatic heterocycles. The van der Waals surface area contributed by atoms with Gasteiger partial charge in [0.2, 0.25) is 6.71 Å². The number of para-hydroxylation sites is 1. The number of rotatable bonds is 3. The van der Waals surface area contributed by atoms with Gasteiger partial charge in [0.1, 0.15) is 23.4 Å². The van der Waals surface area contributed by atoms with Crippen molar-refractivity contribution in [3.63, 3.8) is 0 Å². The number of nitrogens with zero attached hydrogens (tertiary/aromatic N) is 2. The number of aromatic nitrogens is 1. The summed E-state index contributed by atoms with van der Waals surface area (Å²) < 4.78 is 16.6. The van der Waals surface area contributed by atoms with Gasteiger partial charge >= 0.3 is 0 Å². The number of fused-ring (bicyclic) bond motifs is 10. The molecule has 256 valence electrons. The molecule has 4 heterocycles. The standard InChI is InChI=1S/C46H41BN2O2S/c1-26-12-17-30(18-13-26)49(31-19-14-27(2)15-20-31)36-25-34-44(40-32-10-8-9-11-35(32)48(7)42(36)40)51-38-23-28(3)22-37-41(38)47(34)45-43(50-37)33-24-29(46(4,5)6)16-21-39(33)52-45/h8-25,43,45H,1-7H3. The van der Waals surface area contributed by atoms with Gasteiger partial charge in [0.05, 0.1) is 16.6 Å². The van der Waals surface area contributed by atoms with Gasteiger partial charge in [-0.2, -0.15) is 0 Å². The lowest BCUT2D eigenvalue weighted by Gasteiger charge is -2.39. The molecule has 0 amide bonds. The van der Waals surface area contributed by atoms with Crippen LogP contribution in [0.3, 0.4) is 0 Å². The Balaban J connectivity index is 1.29. The molecular weight excluding hydrogens is 655 g/mol. The molecule has 52 heavy (non-hydrogen) atoms. The van der Waals surface area contributed by atoms with Crippen molar-refractivity contribution >= 4 is 68.3 Å². The molecule has 0 N–H and O–H groups in total. The van der Waals surface area contributed by atoms with Crippen molar-refractivity contribution in [1.82, 2.24) is 4.57 Å².